The predicted molar refractivity (Wildman–Crippen MR) is 82.6 cm³/mol. The van der Waals surface area contributed by atoms with E-state index in [1.165, 1.54) is 0 Å². The van der Waals surface area contributed by atoms with Crippen LogP contribution in [0.3, 0.4) is 0 Å². The summed E-state index contributed by atoms with van der Waals surface area (Å²) in [6, 6.07) is 3.88. The number of aliphatic hydroxyl groups is 1. The van der Waals surface area contributed by atoms with Crippen LogP contribution in [0.15, 0.2) is 12.1 Å². The van der Waals surface area contributed by atoms with Gasteiger partial charge in [-0.3, -0.25) is 0 Å². The Labute approximate surface area is 124 Å². The standard InChI is InChI=1S/C15H21ClO2S/c1-15(2,3)19-9-13(17)8-11-7-12(16)6-10-4-5-18-14(10)11/h6-7,13,17H,4-5,8-9H2,1-3H3. The van der Waals surface area contributed by atoms with Crippen molar-refractivity contribution in [3.8, 4) is 5.75 Å². The molecule has 0 radical (unpaired) electrons. The van der Waals surface area contributed by atoms with Crippen molar-refractivity contribution in [2.45, 2.75) is 44.5 Å². The second-order valence-electron chi connectivity index (χ2n) is 5.93. The molecule has 2 nitrogen and oxygen atoms in total. The molecular weight excluding hydrogens is 280 g/mol. The third-order valence-corrected chi connectivity index (χ3v) is 4.63. The van der Waals surface area contributed by atoms with Gasteiger partial charge in [-0.1, -0.05) is 32.4 Å². The van der Waals surface area contributed by atoms with Crippen molar-refractivity contribution in [2.24, 2.45) is 0 Å². The first-order valence-electron chi connectivity index (χ1n) is 6.61. The van der Waals surface area contributed by atoms with E-state index in [1.807, 2.05) is 12.1 Å². The van der Waals surface area contributed by atoms with E-state index in [0.29, 0.717) is 6.42 Å². The molecule has 1 aliphatic rings. The van der Waals surface area contributed by atoms with Gasteiger partial charge in [-0.25, -0.2) is 0 Å². The van der Waals surface area contributed by atoms with Crippen LogP contribution in [0.4, 0.5) is 0 Å². The average Bonchev–Trinajstić information content (AvgIpc) is 2.73. The highest BCUT2D eigenvalue weighted by Crippen LogP contribution is 2.34. The molecule has 0 amide bonds. The van der Waals surface area contributed by atoms with Crippen LogP contribution in [0, 0.1) is 0 Å². The predicted octanol–water partition coefficient (Wildman–Crippen LogP) is 3.71. The van der Waals surface area contributed by atoms with Gasteiger partial charge in [0.15, 0.2) is 0 Å². The molecule has 1 heterocycles. The molecule has 19 heavy (non-hydrogen) atoms. The number of hydrogen-bond donors (Lipinski definition) is 1. The Balaban J connectivity index is 2.03. The number of aliphatic hydroxyl groups excluding tert-OH is 1. The molecular formula is C15H21ClO2S. The van der Waals surface area contributed by atoms with Gasteiger partial charge in [-0.05, 0) is 23.3 Å². The van der Waals surface area contributed by atoms with E-state index in [4.69, 9.17) is 16.3 Å². The number of thioether (sulfide) groups is 1. The Hall–Kier alpha value is -0.380. The highest BCUT2D eigenvalue weighted by molar-refractivity contribution is 8.00. The summed E-state index contributed by atoms with van der Waals surface area (Å²) in [7, 11) is 0. The summed E-state index contributed by atoms with van der Waals surface area (Å²) in [4.78, 5) is 0. The lowest BCUT2D eigenvalue weighted by atomic mass is 10.0. The van der Waals surface area contributed by atoms with E-state index in [-0.39, 0.29) is 10.9 Å². The lowest BCUT2D eigenvalue weighted by molar-refractivity contribution is 0.198. The molecule has 4 heteroatoms. The van der Waals surface area contributed by atoms with Crippen LogP contribution in [0.1, 0.15) is 31.9 Å². The molecule has 2 rings (SSSR count). The minimum atomic E-state index is -0.365. The zero-order valence-corrected chi connectivity index (χ0v) is 13.3. The molecule has 0 saturated heterocycles. The minimum absolute atomic E-state index is 0.174. The fraction of sp³-hybridized carbons (Fsp3) is 0.600. The molecule has 0 bridgehead atoms. The second-order valence-corrected chi connectivity index (χ2v) is 8.22. The maximum absolute atomic E-state index is 10.2. The normalized spacial score (nSPS) is 16.1. The van der Waals surface area contributed by atoms with Gasteiger partial charge in [0.1, 0.15) is 5.75 Å². The third-order valence-electron chi connectivity index (χ3n) is 2.99. The van der Waals surface area contributed by atoms with Crippen LogP contribution in [-0.2, 0) is 12.8 Å². The zero-order chi connectivity index (χ0) is 14.0. The maximum Gasteiger partial charge on any atom is 0.126 e. The fourth-order valence-electron chi connectivity index (χ4n) is 2.16. The Kier molecular flexibility index (Phi) is 4.70. The number of halogens is 1. The molecule has 106 valence electrons. The van der Waals surface area contributed by atoms with Crippen LogP contribution in [0.5, 0.6) is 5.75 Å². The van der Waals surface area contributed by atoms with Gasteiger partial charge < -0.3 is 9.84 Å². The van der Waals surface area contributed by atoms with Gasteiger partial charge >= 0.3 is 0 Å². The van der Waals surface area contributed by atoms with E-state index < -0.39 is 0 Å². The van der Waals surface area contributed by atoms with E-state index in [2.05, 4.69) is 20.8 Å². The van der Waals surface area contributed by atoms with Crippen molar-refractivity contribution in [3.63, 3.8) is 0 Å². The molecule has 0 fully saturated rings. The first-order chi connectivity index (χ1) is 8.85. The number of benzene rings is 1. The zero-order valence-electron chi connectivity index (χ0n) is 11.7. The summed E-state index contributed by atoms with van der Waals surface area (Å²) in [5.74, 6) is 1.66. The van der Waals surface area contributed by atoms with E-state index >= 15 is 0 Å². The van der Waals surface area contributed by atoms with Crippen LogP contribution in [0.25, 0.3) is 0 Å². The molecule has 1 aromatic rings. The fourth-order valence-corrected chi connectivity index (χ4v) is 3.23. The van der Waals surface area contributed by atoms with Gasteiger partial charge in [0.05, 0.1) is 12.7 Å². The average molecular weight is 301 g/mol. The van der Waals surface area contributed by atoms with Crippen LogP contribution >= 0.6 is 23.4 Å². The monoisotopic (exact) mass is 300 g/mol. The van der Waals surface area contributed by atoms with Crippen molar-refractivity contribution in [1.29, 1.82) is 0 Å². The molecule has 1 aromatic carbocycles. The first-order valence-corrected chi connectivity index (χ1v) is 7.97. The lowest BCUT2D eigenvalue weighted by Crippen LogP contribution is -2.19. The Morgan fingerprint density at radius 2 is 2.16 bits per heavy atom. The smallest absolute Gasteiger partial charge is 0.126 e. The topological polar surface area (TPSA) is 29.5 Å². The van der Waals surface area contributed by atoms with Crippen LogP contribution in [-0.4, -0.2) is 28.3 Å². The van der Waals surface area contributed by atoms with E-state index in [9.17, 15) is 5.11 Å². The van der Waals surface area contributed by atoms with Crippen molar-refractivity contribution in [3.05, 3.63) is 28.3 Å². The Bertz CT molecular complexity index is 454. The van der Waals surface area contributed by atoms with Crippen LogP contribution < -0.4 is 4.74 Å². The van der Waals surface area contributed by atoms with Gasteiger partial charge in [-0.15, -0.1) is 0 Å². The second kappa shape index (κ2) is 5.94. The summed E-state index contributed by atoms with van der Waals surface area (Å²) in [5.41, 5.74) is 2.19. The molecule has 1 aliphatic heterocycles. The molecule has 0 aromatic heterocycles. The quantitative estimate of drug-likeness (QED) is 0.919. The van der Waals surface area contributed by atoms with Gasteiger partial charge in [0.2, 0.25) is 0 Å². The molecule has 1 unspecified atom stereocenters. The first kappa shape index (κ1) is 15.0. The van der Waals surface area contributed by atoms with Crippen molar-refractivity contribution < 1.29 is 9.84 Å². The summed E-state index contributed by atoms with van der Waals surface area (Å²) in [5, 5.41) is 10.9. The number of ether oxygens (including phenoxy) is 1. The van der Waals surface area contributed by atoms with Gasteiger partial charge in [0, 0.05) is 28.4 Å². The van der Waals surface area contributed by atoms with Crippen molar-refractivity contribution in [1.82, 2.24) is 0 Å². The Morgan fingerprint density at radius 1 is 1.42 bits per heavy atom. The van der Waals surface area contributed by atoms with Gasteiger partial charge in [0.25, 0.3) is 0 Å². The molecule has 1 N–H and O–H groups in total. The molecule has 0 spiro atoms. The highest BCUT2D eigenvalue weighted by atomic mass is 35.5. The van der Waals surface area contributed by atoms with Gasteiger partial charge in [-0.2, -0.15) is 11.8 Å². The molecule has 0 saturated carbocycles. The maximum atomic E-state index is 10.2. The molecule has 0 aliphatic carbocycles. The lowest BCUT2D eigenvalue weighted by Gasteiger charge is -2.20. The number of hydrogen-bond acceptors (Lipinski definition) is 3. The summed E-state index contributed by atoms with van der Waals surface area (Å²) in [6.45, 7) is 7.19. The summed E-state index contributed by atoms with van der Waals surface area (Å²) < 4.78 is 5.83. The highest BCUT2D eigenvalue weighted by Gasteiger charge is 2.20. The summed E-state index contributed by atoms with van der Waals surface area (Å²) >= 11 is 7.89. The number of rotatable bonds is 4. The molecule has 1 atom stereocenters. The van der Waals surface area contributed by atoms with Crippen molar-refractivity contribution in [2.75, 3.05) is 12.4 Å². The van der Waals surface area contributed by atoms with E-state index in [1.54, 1.807) is 11.8 Å². The van der Waals surface area contributed by atoms with Crippen LogP contribution in [0.2, 0.25) is 5.02 Å². The summed E-state index contributed by atoms with van der Waals surface area (Å²) in [6.07, 6.45) is 1.15. The SMILES string of the molecule is CC(C)(C)SCC(O)Cc1cc(Cl)cc2c1OCC2. The third kappa shape index (κ3) is 4.30. The minimum Gasteiger partial charge on any atom is -0.493 e. The van der Waals surface area contributed by atoms with E-state index in [0.717, 1.165) is 40.7 Å². The largest absolute Gasteiger partial charge is 0.493 e. The Morgan fingerprint density at radius 3 is 2.84 bits per heavy atom. The number of fused-ring (bicyclic) bond motifs is 1. The van der Waals surface area contributed by atoms with Crippen molar-refractivity contribution >= 4 is 23.4 Å².